The van der Waals surface area contributed by atoms with Gasteiger partial charge in [-0.1, -0.05) is 35.2 Å². The first-order chi connectivity index (χ1) is 12.9. The summed E-state index contributed by atoms with van der Waals surface area (Å²) in [5.74, 6) is 2.84. The van der Waals surface area contributed by atoms with Gasteiger partial charge in [0.1, 0.15) is 5.15 Å². The van der Waals surface area contributed by atoms with E-state index in [1.54, 1.807) is 34.9 Å². The van der Waals surface area contributed by atoms with E-state index >= 15 is 0 Å². The Labute approximate surface area is 169 Å². The summed E-state index contributed by atoms with van der Waals surface area (Å²) in [6, 6.07) is 8.87. The summed E-state index contributed by atoms with van der Waals surface area (Å²) in [5.41, 5.74) is 2.21. The van der Waals surface area contributed by atoms with Crippen molar-refractivity contribution in [1.82, 2.24) is 15.2 Å². The van der Waals surface area contributed by atoms with E-state index in [-0.39, 0.29) is 12.5 Å². The van der Waals surface area contributed by atoms with E-state index in [4.69, 9.17) is 29.6 Å². The number of aromatic nitrogens is 1. The van der Waals surface area contributed by atoms with Gasteiger partial charge in [-0.3, -0.25) is 4.79 Å². The monoisotopic (exact) mass is 405 g/mol. The van der Waals surface area contributed by atoms with Crippen molar-refractivity contribution in [2.24, 2.45) is 12.0 Å². The molecule has 1 aromatic carbocycles. The minimum Gasteiger partial charge on any atom is -0.357 e. The smallest absolute Gasteiger partial charge is 0.243 e. The molecule has 1 aromatic heterocycles. The normalized spacial score (nSPS) is 11.0. The van der Waals surface area contributed by atoms with E-state index in [1.807, 2.05) is 14.0 Å². The first-order valence-corrected chi connectivity index (χ1v) is 9.08. The molecule has 0 unspecified atom stereocenters. The molecule has 1 amide bonds. The van der Waals surface area contributed by atoms with Gasteiger partial charge in [0.25, 0.3) is 0 Å². The molecular formula is C19H21Cl2N5O. The lowest BCUT2D eigenvalue weighted by Gasteiger charge is -2.12. The minimum atomic E-state index is -0.209. The average molecular weight is 406 g/mol. The van der Waals surface area contributed by atoms with Crippen molar-refractivity contribution in [3.63, 3.8) is 0 Å². The zero-order valence-corrected chi connectivity index (χ0v) is 16.7. The fraction of sp³-hybridized carbons (Fsp3) is 0.263. The Morgan fingerprint density at radius 3 is 2.70 bits per heavy atom. The van der Waals surface area contributed by atoms with E-state index in [2.05, 4.69) is 26.9 Å². The molecule has 0 bridgehead atoms. The molecule has 0 fully saturated rings. The number of terminal acetylenes is 1. The summed E-state index contributed by atoms with van der Waals surface area (Å²) in [4.78, 5) is 16.6. The van der Waals surface area contributed by atoms with Gasteiger partial charge in [-0.25, -0.2) is 4.99 Å². The number of rotatable bonds is 6. The Morgan fingerprint density at radius 1 is 1.30 bits per heavy atom. The zero-order chi connectivity index (χ0) is 19.8. The first kappa shape index (κ1) is 20.7. The number of aliphatic imine (C=N–C) groups is 1. The van der Waals surface area contributed by atoms with Crippen LogP contribution in [0.3, 0.4) is 0 Å². The standard InChI is InChI=1S/C19H21Cl2N5O/c1-4-13-7-6-8-14(9-13)25-17(27)12-24-19(22-5-2)23-11-15-10-16(20)18(21)26(15)3/h1,6-10H,5,11-12H2,2-3H3,(H,25,27)(H2,22,23,24). The van der Waals surface area contributed by atoms with Crippen LogP contribution >= 0.6 is 23.2 Å². The Bertz CT molecular complexity index is 883. The molecule has 0 saturated carbocycles. The van der Waals surface area contributed by atoms with Crippen molar-refractivity contribution in [3.05, 3.63) is 51.8 Å². The van der Waals surface area contributed by atoms with Crippen LogP contribution in [-0.4, -0.2) is 29.5 Å². The number of anilines is 1. The summed E-state index contributed by atoms with van der Waals surface area (Å²) in [7, 11) is 1.82. The maximum atomic E-state index is 12.2. The van der Waals surface area contributed by atoms with Crippen LogP contribution in [0.1, 0.15) is 18.2 Å². The molecule has 0 aliphatic carbocycles. The number of halogens is 2. The zero-order valence-electron chi connectivity index (χ0n) is 15.1. The van der Waals surface area contributed by atoms with Crippen LogP contribution in [0.2, 0.25) is 10.2 Å². The molecule has 142 valence electrons. The molecule has 0 radical (unpaired) electrons. The molecule has 8 heteroatoms. The summed E-state index contributed by atoms with van der Waals surface area (Å²) in [5, 5.41) is 9.82. The molecule has 6 nitrogen and oxygen atoms in total. The van der Waals surface area contributed by atoms with Crippen LogP contribution in [0.4, 0.5) is 5.69 Å². The Balaban J connectivity index is 1.95. The van der Waals surface area contributed by atoms with Crippen molar-refractivity contribution in [1.29, 1.82) is 0 Å². The van der Waals surface area contributed by atoms with Gasteiger partial charge >= 0.3 is 0 Å². The van der Waals surface area contributed by atoms with Crippen molar-refractivity contribution >= 4 is 40.8 Å². The predicted molar refractivity (Wildman–Crippen MR) is 111 cm³/mol. The Kier molecular flexibility index (Phi) is 7.59. The lowest BCUT2D eigenvalue weighted by molar-refractivity contribution is -0.115. The van der Waals surface area contributed by atoms with Gasteiger partial charge in [0, 0.05) is 30.5 Å². The largest absolute Gasteiger partial charge is 0.357 e. The second-order valence-corrected chi connectivity index (χ2v) is 6.42. The van der Waals surface area contributed by atoms with Gasteiger partial charge in [0.15, 0.2) is 5.96 Å². The van der Waals surface area contributed by atoms with Crippen molar-refractivity contribution in [2.75, 3.05) is 18.4 Å². The van der Waals surface area contributed by atoms with Crippen LogP contribution in [0, 0.1) is 12.3 Å². The maximum absolute atomic E-state index is 12.2. The highest BCUT2D eigenvalue weighted by Crippen LogP contribution is 2.25. The third kappa shape index (κ3) is 5.95. The highest BCUT2D eigenvalue weighted by atomic mass is 35.5. The van der Waals surface area contributed by atoms with Gasteiger partial charge in [0.2, 0.25) is 5.91 Å². The minimum absolute atomic E-state index is 0.0563. The molecule has 1 heterocycles. The number of hydrogen-bond acceptors (Lipinski definition) is 2. The topological polar surface area (TPSA) is 70.5 Å². The highest BCUT2D eigenvalue weighted by Gasteiger charge is 2.09. The van der Waals surface area contributed by atoms with E-state index in [9.17, 15) is 4.79 Å². The summed E-state index contributed by atoms with van der Waals surface area (Å²) < 4.78 is 1.77. The molecule has 27 heavy (non-hydrogen) atoms. The second kappa shape index (κ2) is 9.91. The molecule has 0 atom stereocenters. The third-order valence-electron chi connectivity index (χ3n) is 3.69. The number of carbonyl (C=O) groups is 1. The highest BCUT2D eigenvalue weighted by molar-refractivity contribution is 6.41. The number of benzene rings is 1. The number of hydrogen-bond donors (Lipinski definition) is 3. The number of nitrogens with one attached hydrogen (secondary N) is 3. The number of amides is 1. The lowest BCUT2D eigenvalue weighted by atomic mass is 10.2. The molecule has 3 N–H and O–H groups in total. The van der Waals surface area contributed by atoms with Gasteiger partial charge in [-0.15, -0.1) is 6.42 Å². The van der Waals surface area contributed by atoms with Crippen molar-refractivity contribution < 1.29 is 4.79 Å². The van der Waals surface area contributed by atoms with Crippen LogP contribution in [-0.2, 0) is 18.4 Å². The Morgan fingerprint density at radius 2 is 2.07 bits per heavy atom. The fourth-order valence-corrected chi connectivity index (χ4v) is 2.71. The van der Waals surface area contributed by atoms with Crippen LogP contribution in [0.15, 0.2) is 35.3 Å². The maximum Gasteiger partial charge on any atom is 0.243 e. The van der Waals surface area contributed by atoms with E-state index in [0.717, 1.165) is 5.69 Å². The lowest BCUT2D eigenvalue weighted by Crippen LogP contribution is -2.41. The van der Waals surface area contributed by atoms with E-state index in [1.165, 1.54) is 0 Å². The van der Waals surface area contributed by atoms with Crippen molar-refractivity contribution in [3.8, 4) is 12.3 Å². The molecule has 0 aliphatic heterocycles. The molecule has 2 rings (SSSR count). The molecule has 0 spiro atoms. The molecule has 0 aliphatic rings. The quantitative estimate of drug-likeness (QED) is 0.393. The van der Waals surface area contributed by atoms with Gasteiger partial charge in [-0.05, 0) is 31.2 Å². The van der Waals surface area contributed by atoms with Crippen LogP contribution < -0.4 is 16.0 Å². The van der Waals surface area contributed by atoms with Gasteiger partial charge < -0.3 is 20.5 Å². The summed E-state index contributed by atoms with van der Waals surface area (Å²) in [6.45, 7) is 3.02. The SMILES string of the molecule is C#Cc1cccc(NC(=O)CNC(=NCc2cc(Cl)c(Cl)n2C)NCC)c1. The second-order valence-electron chi connectivity index (χ2n) is 5.66. The number of guanidine groups is 1. The first-order valence-electron chi connectivity index (χ1n) is 8.33. The molecule has 2 aromatic rings. The van der Waals surface area contributed by atoms with Gasteiger partial charge in [0.05, 0.1) is 18.1 Å². The summed E-state index contributed by atoms with van der Waals surface area (Å²) in [6.07, 6.45) is 5.37. The number of carbonyl (C=O) groups excluding carboxylic acids is 1. The predicted octanol–water partition coefficient (Wildman–Crippen LogP) is 3.01. The Hall–Kier alpha value is -2.62. The summed E-state index contributed by atoms with van der Waals surface area (Å²) >= 11 is 12.1. The average Bonchev–Trinajstić information content (AvgIpc) is 2.91. The molecular weight excluding hydrogens is 385 g/mol. The van der Waals surface area contributed by atoms with Crippen molar-refractivity contribution in [2.45, 2.75) is 13.5 Å². The number of nitrogens with zero attached hydrogens (tertiary/aromatic N) is 2. The van der Waals surface area contributed by atoms with Gasteiger partial charge in [-0.2, -0.15) is 0 Å². The van der Waals surface area contributed by atoms with Crippen LogP contribution in [0.25, 0.3) is 0 Å². The van der Waals surface area contributed by atoms with E-state index in [0.29, 0.717) is 40.5 Å². The fourth-order valence-electron chi connectivity index (χ4n) is 2.30. The van der Waals surface area contributed by atoms with E-state index < -0.39 is 0 Å². The molecule has 0 saturated heterocycles. The third-order valence-corrected chi connectivity index (χ3v) is 4.53. The van der Waals surface area contributed by atoms with Crippen LogP contribution in [0.5, 0.6) is 0 Å².